The molecule has 0 aliphatic rings. The van der Waals surface area contributed by atoms with Gasteiger partial charge in [0.2, 0.25) is 0 Å². The lowest BCUT2D eigenvalue weighted by Crippen LogP contribution is -2.25. The van der Waals surface area contributed by atoms with E-state index in [0.29, 0.717) is 6.61 Å². The highest BCUT2D eigenvalue weighted by atomic mass is 16.5. The van der Waals surface area contributed by atoms with Gasteiger partial charge in [0.25, 0.3) is 0 Å². The van der Waals surface area contributed by atoms with E-state index in [1.165, 1.54) is 11.1 Å². The Bertz CT molecular complexity index is 422. The highest BCUT2D eigenvalue weighted by Crippen LogP contribution is 2.31. The van der Waals surface area contributed by atoms with Crippen LogP contribution in [0.3, 0.4) is 0 Å². The van der Waals surface area contributed by atoms with E-state index in [-0.39, 0.29) is 11.0 Å². The summed E-state index contributed by atoms with van der Waals surface area (Å²) in [5.74, 6) is 0. The first-order valence-corrected chi connectivity index (χ1v) is 6.80. The molecule has 104 valence electrons. The van der Waals surface area contributed by atoms with Gasteiger partial charge in [0.1, 0.15) is 0 Å². The van der Waals surface area contributed by atoms with Gasteiger partial charge in [0.05, 0.1) is 12.2 Å². The molecule has 0 N–H and O–H groups in total. The van der Waals surface area contributed by atoms with Crippen LogP contribution in [0.2, 0.25) is 0 Å². The summed E-state index contributed by atoms with van der Waals surface area (Å²) < 4.78 is 5.94. The molecule has 1 aromatic carbocycles. The van der Waals surface area contributed by atoms with Gasteiger partial charge in [-0.15, -0.1) is 13.2 Å². The molecule has 1 atom stereocenters. The molecule has 0 saturated carbocycles. The van der Waals surface area contributed by atoms with E-state index in [9.17, 15) is 0 Å². The minimum atomic E-state index is -0.327. The summed E-state index contributed by atoms with van der Waals surface area (Å²) in [5, 5.41) is 0. The van der Waals surface area contributed by atoms with Crippen molar-refractivity contribution in [2.45, 2.75) is 45.1 Å². The lowest BCUT2D eigenvalue weighted by molar-refractivity contribution is -0.0181. The van der Waals surface area contributed by atoms with Crippen LogP contribution in [0.25, 0.3) is 0 Å². The van der Waals surface area contributed by atoms with Crippen LogP contribution >= 0.6 is 0 Å². The largest absolute Gasteiger partial charge is 0.366 e. The number of hydrogen-bond donors (Lipinski definition) is 0. The highest BCUT2D eigenvalue weighted by Gasteiger charge is 2.26. The smallest absolute Gasteiger partial charge is 0.0941 e. The summed E-state index contributed by atoms with van der Waals surface area (Å²) in [4.78, 5) is 0. The second-order valence-corrected chi connectivity index (χ2v) is 6.15. The molecular formula is C18H26O. The van der Waals surface area contributed by atoms with Gasteiger partial charge in [-0.1, -0.05) is 57.2 Å². The zero-order chi connectivity index (χ0) is 14.5. The first kappa shape index (κ1) is 15.7. The molecule has 1 nitrogen and oxygen atoms in total. The molecule has 0 aliphatic carbocycles. The van der Waals surface area contributed by atoms with Crippen LogP contribution in [0.4, 0.5) is 0 Å². The van der Waals surface area contributed by atoms with Crippen LogP contribution in [0, 0.1) is 0 Å². The van der Waals surface area contributed by atoms with E-state index in [1.54, 1.807) is 6.08 Å². The van der Waals surface area contributed by atoms with Crippen molar-refractivity contribution in [1.29, 1.82) is 0 Å². The van der Waals surface area contributed by atoms with Crippen molar-refractivity contribution in [3.05, 3.63) is 60.7 Å². The average Bonchev–Trinajstić information content (AvgIpc) is 2.36. The van der Waals surface area contributed by atoms with Crippen LogP contribution in [0.5, 0.6) is 0 Å². The van der Waals surface area contributed by atoms with E-state index < -0.39 is 0 Å². The van der Waals surface area contributed by atoms with Crippen LogP contribution in [-0.4, -0.2) is 6.61 Å². The molecule has 0 saturated heterocycles. The molecule has 1 rings (SSSR count). The lowest BCUT2D eigenvalue weighted by atomic mass is 9.84. The monoisotopic (exact) mass is 258 g/mol. The van der Waals surface area contributed by atoms with Gasteiger partial charge in [-0.05, 0) is 29.9 Å². The van der Waals surface area contributed by atoms with Crippen LogP contribution in [-0.2, 0) is 15.8 Å². The quantitative estimate of drug-likeness (QED) is 0.654. The molecule has 0 radical (unpaired) electrons. The third-order valence-corrected chi connectivity index (χ3v) is 3.42. The van der Waals surface area contributed by atoms with Crippen LogP contribution in [0.15, 0.2) is 49.6 Å². The zero-order valence-electron chi connectivity index (χ0n) is 12.7. The summed E-state index contributed by atoms with van der Waals surface area (Å²) in [7, 11) is 0. The van der Waals surface area contributed by atoms with Crippen molar-refractivity contribution >= 4 is 0 Å². The van der Waals surface area contributed by atoms with E-state index in [1.807, 2.05) is 6.08 Å². The molecule has 0 aromatic heterocycles. The van der Waals surface area contributed by atoms with Gasteiger partial charge in [-0.2, -0.15) is 0 Å². The van der Waals surface area contributed by atoms with Gasteiger partial charge in [0, 0.05) is 0 Å². The number of benzene rings is 1. The lowest BCUT2D eigenvalue weighted by Gasteiger charge is -2.30. The highest BCUT2D eigenvalue weighted by molar-refractivity contribution is 5.31. The maximum atomic E-state index is 5.94. The Morgan fingerprint density at radius 2 is 1.47 bits per heavy atom. The Morgan fingerprint density at radius 3 is 1.89 bits per heavy atom. The molecule has 0 fully saturated rings. The minimum absolute atomic E-state index is 0.176. The molecule has 0 spiro atoms. The second kappa shape index (κ2) is 6.21. The van der Waals surface area contributed by atoms with Gasteiger partial charge in [-0.3, -0.25) is 0 Å². The molecule has 1 heteroatoms. The second-order valence-electron chi connectivity index (χ2n) is 6.15. The summed E-state index contributed by atoms with van der Waals surface area (Å²) >= 11 is 0. The van der Waals surface area contributed by atoms with Gasteiger partial charge < -0.3 is 4.74 Å². The molecule has 0 heterocycles. The molecular weight excluding hydrogens is 232 g/mol. The van der Waals surface area contributed by atoms with Crippen molar-refractivity contribution < 1.29 is 4.74 Å². The molecule has 0 bridgehead atoms. The van der Waals surface area contributed by atoms with E-state index in [0.717, 1.165) is 6.42 Å². The van der Waals surface area contributed by atoms with Gasteiger partial charge >= 0.3 is 0 Å². The first-order valence-electron chi connectivity index (χ1n) is 6.80. The minimum Gasteiger partial charge on any atom is -0.366 e. The summed E-state index contributed by atoms with van der Waals surface area (Å²) in [5.41, 5.74) is 2.37. The predicted molar refractivity (Wildman–Crippen MR) is 83.5 cm³/mol. The molecule has 0 unspecified atom stereocenters. The van der Waals surface area contributed by atoms with Crippen LogP contribution in [0.1, 0.15) is 45.2 Å². The third-order valence-electron chi connectivity index (χ3n) is 3.42. The Kier molecular flexibility index (Phi) is 5.13. The predicted octanol–water partition coefficient (Wildman–Crippen LogP) is 4.98. The van der Waals surface area contributed by atoms with E-state index in [4.69, 9.17) is 4.74 Å². The fourth-order valence-electron chi connectivity index (χ4n) is 2.10. The van der Waals surface area contributed by atoms with Crippen molar-refractivity contribution in [2.75, 3.05) is 6.61 Å². The van der Waals surface area contributed by atoms with Gasteiger partial charge in [0.15, 0.2) is 0 Å². The Morgan fingerprint density at radius 1 is 0.947 bits per heavy atom. The maximum Gasteiger partial charge on any atom is 0.0941 e. The third kappa shape index (κ3) is 4.07. The molecule has 1 aromatic rings. The topological polar surface area (TPSA) is 9.23 Å². The molecule has 0 amide bonds. The van der Waals surface area contributed by atoms with Crippen molar-refractivity contribution in [1.82, 2.24) is 0 Å². The van der Waals surface area contributed by atoms with Crippen molar-refractivity contribution in [2.24, 2.45) is 0 Å². The number of hydrogen-bond acceptors (Lipinski definition) is 1. The van der Waals surface area contributed by atoms with E-state index >= 15 is 0 Å². The van der Waals surface area contributed by atoms with Crippen molar-refractivity contribution in [3.8, 4) is 0 Å². The molecule has 19 heavy (non-hydrogen) atoms. The first-order chi connectivity index (χ1) is 8.83. The summed E-state index contributed by atoms with van der Waals surface area (Å²) in [6.07, 6.45) is 4.47. The SMILES string of the molecule is C=CCO[C@](C)(CC=C)c1ccc(C(C)(C)C)cc1. The normalized spacial score (nSPS) is 14.7. The zero-order valence-corrected chi connectivity index (χ0v) is 12.7. The standard InChI is InChI=1S/C18H26O/c1-7-13-18(6,19-14-8-2)16-11-9-15(10-12-16)17(3,4)5/h7-12H,1-2,13-14H2,3-6H3/t18-/m1/s1. The summed E-state index contributed by atoms with van der Waals surface area (Å²) in [6.45, 7) is 16.9. The number of rotatable bonds is 6. The van der Waals surface area contributed by atoms with Gasteiger partial charge in [-0.25, -0.2) is 0 Å². The van der Waals surface area contributed by atoms with Crippen molar-refractivity contribution in [3.63, 3.8) is 0 Å². The molecule has 0 aliphatic heterocycles. The fourth-order valence-corrected chi connectivity index (χ4v) is 2.10. The van der Waals surface area contributed by atoms with Crippen LogP contribution < -0.4 is 0 Å². The number of ether oxygens (including phenoxy) is 1. The average molecular weight is 258 g/mol. The fraction of sp³-hybridized carbons (Fsp3) is 0.444. The summed E-state index contributed by atoms with van der Waals surface area (Å²) in [6, 6.07) is 8.70. The van der Waals surface area contributed by atoms with E-state index in [2.05, 4.69) is 65.1 Å². The maximum absolute atomic E-state index is 5.94. The Hall–Kier alpha value is -1.34. The Balaban J connectivity index is 3.03. The Labute approximate surface area is 118 Å².